The Bertz CT molecular complexity index is 530. The van der Waals surface area contributed by atoms with Gasteiger partial charge in [-0.15, -0.1) is 0 Å². The van der Waals surface area contributed by atoms with Crippen LogP contribution < -0.4 is 19.5 Å². The van der Waals surface area contributed by atoms with Gasteiger partial charge in [-0.25, -0.2) is 0 Å². The highest BCUT2D eigenvalue weighted by Gasteiger charge is 2.14. The number of rotatable bonds is 8. The molecule has 0 saturated carbocycles. The predicted molar refractivity (Wildman–Crippen MR) is 85.8 cm³/mol. The summed E-state index contributed by atoms with van der Waals surface area (Å²) < 4.78 is 16.8. The molecule has 5 heteroatoms. The van der Waals surface area contributed by atoms with Gasteiger partial charge in [-0.2, -0.15) is 11.3 Å². The number of thiophene rings is 1. The smallest absolute Gasteiger partial charge is 0.203 e. The summed E-state index contributed by atoms with van der Waals surface area (Å²) in [5.41, 5.74) is 2.38. The van der Waals surface area contributed by atoms with E-state index in [9.17, 15) is 0 Å². The maximum atomic E-state index is 5.89. The van der Waals surface area contributed by atoms with E-state index in [2.05, 4.69) is 22.1 Å². The fraction of sp³-hybridized carbons (Fsp3) is 0.375. The van der Waals surface area contributed by atoms with E-state index in [0.29, 0.717) is 23.9 Å². The number of hydrogen-bond acceptors (Lipinski definition) is 5. The molecule has 0 bridgehead atoms. The van der Waals surface area contributed by atoms with Gasteiger partial charge >= 0.3 is 0 Å². The zero-order valence-electron chi connectivity index (χ0n) is 12.6. The number of hydrogen-bond donors (Lipinski definition) is 1. The summed E-state index contributed by atoms with van der Waals surface area (Å²) in [6.45, 7) is 1.34. The fourth-order valence-corrected chi connectivity index (χ4v) is 2.79. The normalized spacial score (nSPS) is 10.4. The number of nitrogens with one attached hydrogen (secondary N) is 1. The van der Waals surface area contributed by atoms with Gasteiger partial charge in [-0.3, -0.25) is 0 Å². The van der Waals surface area contributed by atoms with Crippen LogP contribution in [0.4, 0.5) is 0 Å². The van der Waals surface area contributed by atoms with Crippen LogP contribution >= 0.6 is 11.3 Å². The molecule has 0 amide bonds. The van der Waals surface area contributed by atoms with Gasteiger partial charge in [0.2, 0.25) is 5.75 Å². The highest BCUT2D eigenvalue weighted by molar-refractivity contribution is 7.07. The number of benzene rings is 1. The minimum atomic E-state index is 0.592. The van der Waals surface area contributed by atoms with Gasteiger partial charge in [0.25, 0.3) is 0 Å². The van der Waals surface area contributed by atoms with Gasteiger partial charge in [0.1, 0.15) is 0 Å². The zero-order valence-corrected chi connectivity index (χ0v) is 13.5. The molecule has 0 aliphatic heterocycles. The molecule has 0 aliphatic carbocycles. The molecule has 1 heterocycles. The topological polar surface area (TPSA) is 39.7 Å². The lowest BCUT2D eigenvalue weighted by atomic mass is 10.1. The Kier molecular flexibility index (Phi) is 5.90. The van der Waals surface area contributed by atoms with E-state index in [0.717, 1.165) is 18.5 Å². The Hall–Kier alpha value is -1.72. The first kappa shape index (κ1) is 15.7. The Labute approximate surface area is 129 Å². The van der Waals surface area contributed by atoms with Gasteiger partial charge in [-0.05, 0) is 47.1 Å². The summed E-state index contributed by atoms with van der Waals surface area (Å²) in [6, 6.07) is 6.05. The van der Waals surface area contributed by atoms with E-state index in [1.807, 2.05) is 19.2 Å². The highest BCUT2D eigenvalue weighted by Crippen LogP contribution is 2.38. The van der Waals surface area contributed by atoms with Crippen LogP contribution in [-0.2, 0) is 13.0 Å². The van der Waals surface area contributed by atoms with Crippen molar-refractivity contribution in [3.05, 3.63) is 40.1 Å². The van der Waals surface area contributed by atoms with E-state index >= 15 is 0 Å². The van der Waals surface area contributed by atoms with Crippen LogP contribution in [0.15, 0.2) is 29.0 Å². The van der Waals surface area contributed by atoms with Crippen LogP contribution in [0.2, 0.25) is 0 Å². The van der Waals surface area contributed by atoms with Gasteiger partial charge in [0, 0.05) is 13.0 Å². The van der Waals surface area contributed by atoms with Crippen LogP contribution in [0.25, 0.3) is 0 Å². The van der Waals surface area contributed by atoms with Crippen molar-refractivity contribution < 1.29 is 14.2 Å². The molecule has 0 fully saturated rings. The van der Waals surface area contributed by atoms with Crippen LogP contribution in [0.1, 0.15) is 11.1 Å². The van der Waals surface area contributed by atoms with Crippen LogP contribution in [0, 0.1) is 0 Å². The molecule has 4 nitrogen and oxygen atoms in total. The minimum absolute atomic E-state index is 0.592. The van der Waals surface area contributed by atoms with E-state index in [1.165, 1.54) is 5.56 Å². The molecule has 1 aromatic heterocycles. The van der Waals surface area contributed by atoms with Gasteiger partial charge < -0.3 is 19.5 Å². The Morgan fingerprint density at radius 3 is 2.33 bits per heavy atom. The first-order valence-corrected chi connectivity index (χ1v) is 7.76. The van der Waals surface area contributed by atoms with Crippen molar-refractivity contribution in [3.63, 3.8) is 0 Å². The molecule has 2 aromatic rings. The molecule has 0 unspecified atom stereocenters. The molecule has 0 atom stereocenters. The van der Waals surface area contributed by atoms with E-state index in [-0.39, 0.29) is 0 Å². The molecular weight excluding hydrogens is 286 g/mol. The van der Waals surface area contributed by atoms with Crippen molar-refractivity contribution in [1.82, 2.24) is 5.32 Å². The van der Waals surface area contributed by atoms with Crippen LogP contribution in [0.5, 0.6) is 17.2 Å². The SMILES string of the molecule is CNCc1cc(OC)c(OCCc2ccsc2)c(OC)c1. The van der Waals surface area contributed by atoms with Crippen molar-refractivity contribution in [2.45, 2.75) is 13.0 Å². The van der Waals surface area contributed by atoms with Gasteiger partial charge in [0.15, 0.2) is 11.5 Å². The third-order valence-electron chi connectivity index (χ3n) is 3.12. The number of ether oxygens (including phenoxy) is 3. The predicted octanol–water partition coefficient (Wildman–Crippen LogP) is 3.11. The summed E-state index contributed by atoms with van der Waals surface area (Å²) in [4.78, 5) is 0. The lowest BCUT2D eigenvalue weighted by Gasteiger charge is -2.16. The lowest BCUT2D eigenvalue weighted by molar-refractivity contribution is 0.277. The standard InChI is InChI=1S/C16H21NO3S/c1-17-10-13-8-14(18-2)16(15(9-13)19-3)20-6-4-12-5-7-21-11-12/h5,7-9,11,17H,4,6,10H2,1-3H3. The van der Waals surface area contributed by atoms with Crippen molar-refractivity contribution >= 4 is 11.3 Å². The maximum absolute atomic E-state index is 5.89. The van der Waals surface area contributed by atoms with Crippen molar-refractivity contribution in [2.75, 3.05) is 27.9 Å². The largest absolute Gasteiger partial charge is 0.493 e. The van der Waals surface area contributed by atoms with Gasteiger partial charge in [0.05, 0.1) is 20.8 Å². The van der Waals surface area contributed by atoms with Crippen molar-refractivity contribution in [2.24, 2.45) is 0 Å². The first-order chi connectivity index (χ1) is 10.3. The Morgan fingerprint density at radius 2 is 1.81 bits per heavy atom. The molecule has 114 valence electrons. The van der Waals surface area contributed by atoms with Crippen molar-refractivity contribution in [1.29, 1.82) is 0 Å². The quantitative estimate of drug-likeness (QED) is 0.813. The van der Waals surface area contributed by atoms with Crippen molar-refractivity contribution in [3.8, 4) is 17.2 Å². The molecule has 1 N–H and O–H groups in total. The average Bonchev–Trinajstić information content (AvgIpc) is 3.01. The minimum Gasteiger partial charge on any atom is -0.493 e. The molecule has 0 aliphatic rings. The molecule has 0 spiro atoms. The molecule has 0 radical (unpaired) electrons. The average molecular weight is 307 g/mol. The fourth-order valence-electron chi connectivity index (χ4n) is 2.09. The monoisotopic (exact) mass is 307 g/mol. The second kappa shape index (κ2) is 7.90. The van der Waals surface area contributed by atoms with Gasteiger partial charge in [-0.1, -0.05) is 0 Å². The summed E-state index contributed by atoms with van der Waals surface area (Å²) in [5.74, 6) is 2.06. The number of methoxy groups -OCH3 is 2. The molecule has 2 rings (SSSR count). The van der Waals surface area contributed by atoms with Crippen LogP contribution in [-0.4, -0.2) is 27.9 Å². The molecular formula is C16H21NO3S. The second-order valence-corrected chi connectivity index (χ2v) is 5.37. The maximum Gasteiger partial charge on any atom is 0.203 e. The second-order valence-electron chi connectivity index (χ2n) is 4.59. The molecule has 0 saturated heterocycles. The highest BCUT2D eigenvalue weighted by atomic mass is 32.1. The summed E-state index contributed by atoms with van der Waals surface area (Å²) in [6.07, 6.45) is 0.869. The van der Waals surface area contributed by atoms with E-state index in [4.69, 9.17) is 14.2 Å². The Balaban J connectivity index is 2.12. The zero-order chi connectivity index (χ0) is 15.1. The molecule has 1 aromatic carbocycles. The molecule has 21 heavy (non-hydrogen) atoms. The first-order valence-electron chi connectivity index (χ1n) is 6.81. The lowest BCUT2D eigenvalue weighted by Crippen LogP contribution is -2.08. The summed E-state index contributed by atoms with van der Waals surface area (Å²) in [5, 5.41) is 7.32. The van der Waals surface area contributed by atoms with E-state index in [1.54, 1.807) is 25.6 Å². The van der Waals surface area contributed by atoms with Crippen LogP contribution in [0.3, 0.4) is 0 Å². The third kappa shape index (κ3) is 4.12. The summed E-state index contributed by atoms with van der Waals surface area (Å²) >= 11 is 1.70. The third-order valence-corrected chi connectivity index (χ3v) is 3.85. The van der Waals surface area contributed by atoms with E-state index < -0.39 is 0 Å². The summed E-state index contributed by atoms with van der Waals surface area (Å²) in [7, 11) is 5.19. The Morgan fingerprint density at radius 1 is 1.10 bits per heavy atom.